The molecule has 2 rings (SSSR count). The van der Waals surface area contributed by atoms with Gasteiger partial charge in [0.05, 0.1) is 13.0 Å². The third-order valence-electron chi connectivity index (χ3n) is 4.38. The highest BCUT2D eigenvalue weighted by atomic mass is 16.6. The van der Waals surface area contributed by atoms with Gasteiger partial charge in [-0.1, -0.05) is 0 Å². The smallest absolute Gasteiger partial charge is 0.330 e. The lowest BCUT2D eigenvalue weighted by molar-refractivity contribution is -0.156. The highest BCUT2D eigenvalue weighted by Gasteiger charge is 2.49. The van der Waals surface area contributed by atoms with E-state index < -0.39 is 53.5 Å². The van der Waals surface area contributed by atoms with Crippen LogP contribution in [-0.2, 0) is 33.3 Å². The molecule has 1 saturated heterocycles. The summed E-state index contributed by atoms with van der Waals surface area (Å²) in [6.07, 6.45) is -1.96. The van der Waals surface area contributed by atoms with Gasteiger partial charge in [0.1, 0.15) is 12.7 Å². The molecule has 0 radical (unpaired) electrons. The van der Waals surface area contributed by atoms with E-state index >= 15 is 0 Å². The minimum absolute atomic E-state index is 0.154. The Hall–Kier alpha value is -2.95. The fourth-order valence-electron chi connectivity index (χ4n) is 3.14. The van der Waals surface area contributed by atoms with Gasteiger partial charge in [-0.3, -0.25) is 28.7 Å². The van der Waals surface area contributed by atoms with Gasteiger partial charge in [0.2, 0.25) is 0 Å². The molecule has 0 spiro atoms. The van der Waals surface area contributed by atoms with Gasteiger partial charge in [-0.25, -0.2) is 4.79 Å². The monoisotopic (exact) mass is 412 g/mol. The van der Waals surface area contributed by atoms with E-state index in [1.54, 1.807) is 6.92 Å². The molecule has 0 aromatic carbocycles. The summed E-state index contributed by atoms with van der Waals surface area (Å²) in [5.41, 5.74) is -1.10. The largest absolute Gasteiger partial charge is 0.466 e. The van der Waals surface area contributed by atoms with Crippen molar-refractivity contribution >= 4 is 17.9 Å². The average Bonchev–Trinajstić information content (AvgIpc) is 2.93. The van der Waals surface area contributed by atoms with Crippen LogP contribution < -0.4 is 11.2 Å². The number of hydrogen-bond donors (Lipinski definition) is 1. The second-order valence-electron chi connectivity index (χ2n) is 6.59. The van der Waals surface area contributed by atoms with Crippen LogP contribution in [0.5, 0.6) is 0 Å². The molecule has 0 bridgehead atoms. The van der Waals surface area contributed by atoms with E-state index in [1.165, 1.54) is 27.0 Å². The van der Waals surface area contributed by atoms with Crippen LogP contribution >= 0.6 is 0 Å². The van der Waals surface area contributed by atoms with E-state index in [-0.39, 0.29) is 25.2 Å². The predicted octanol–water partition coefficient (Wildman–Crippen LogP) is -0.193. The molecule has 160 valence electrons. The highest BCUT2D eigenvalue weighted by Crippen LogP contribution is 2.38. The number of aryl methyl sites for hydroxylation is 1. The van der Waals surface area contributed by atoms with Gasteiger partial charge in [0.25, 0.3) is 5.56 Å². The Morgan fingerprint density at radius 2 is 1.86 bits per heavy atom. The Kier molecular flexibility index (Phi) is 7.32. The van der Waals surface area contributed by atoms with Gasteiger partial charge in [-0.05, 0) is 13.8 Å². The summed E-state index contributed by atoms with van der Waals surface area (Å²) in [6.45, 7) is 5.47. The first-order valence-corrected chi connectivity index (χ1v) is 9.07. The number of rotatable bonds is 7. The number of carbonyl (C=O) groups is 3. The Morgan fingerprint density at radius 1 is 1.17 bits per heavy atom. The normalized spacial score (nSPS) is 23.4. The van der Waals surface area contributed by atoms with Crippen LogP contribution in [-0.4, -0.2) is 52.9 Å². The van der Waals surface area contributed by atoms with Crippen LogP contribution in [0.25, 0.3) is 0 Å². The lowest BCUT2D eigenvalue weighted by atomic mass is 9.94. The lowest BCUT2D eigenvalue weighted by Gasteiger charge is -2.24. The number of carbonyl (C=O) groups excluding carboxylic acids is 3. The minimum Gasteiger partial charge on any atom is -0.466 e. The van der Waals surface area contributed by atoms with Crippen LogP contribution in [0.15, 0.2) is 15.8 Å². The summed E-state index contributed by atoms with van der Waals surface area (Å²) in [5.74, 6) is -2.52. The van der Waals surface area contributed by atoms with Crippen molar-refractivity contribution in [3.05, 3.63) is 32.6 Å². The van der Waals surface area contributed by atoms with Crippen LogP contribution in [0, 0.1) is 12.8 Å². The summed E-state index contributed by atoms with van der Waals surface area (Å²) in [7, 11) is 0. The quantitative estimate of drug-likeness (QED) is 0.476. The molecule has 0 unspecified atom stereocenters. The first-order chi connectivity index (χ1) is 13.6. The molecule has 1 aliphatic rings. The molecule has 2 heterocycles. The van der Waals surface area contributed by atoms with E-state index in [4.69, 9.17) is 18.9 Å². The van der Waals surface area contributed by atoms with Crippen molar-refractivity contribution in [2.75, 3.05) is 13.2 Å². The van der Waals surface area contributed by atoms with Gasteiger partial charge in [0, 0.05) is 31.5 Å². The van der Waals surface area contributed by atoms with Gasteiger partial charge >= 0.3 is 23.6 Å². The van der Waals surface area contributed by atoms with Crippen LogP contribution in [0.2, 0.25) is 0 Å². The molecule has 0 amide bonds. The molecule has 0 saturated carbocycles. The van der Waals surface area contributed by atoms with Crippen molar-refractivity contribution in [2.45, 2.75) is 52.6 Å². The van der Waals surface area contributed by atoms with Gasteiger partial charge in [-0.2, -0.15) is 0 Å². The summed E-state index contributed by atoms with van der Waals surface area (Å²) < 4.78 is 22.3. The number of hydrogen-bond acceptors (Lipinski definition) is 9. The molecule has 1 N–H and O–H groups in total. The molecule has 1 aromatic heterocycles. The predicted molar refractivity (Wildman–Crippen MR) is 96.9 cm³/mol. The van der Waals surface area contributed by atoms with Crippen molar-refractivity contribution in [3.8, 4) is 0 Å². The molecular formula is C18H24N2O9. The number of ether oxygens (including phenoxy) is 4. The topological polar surface area (TPSA) is 143 Å². The Labute approximate surface area is 165 Å². The van der Waals surface area contributed by atoms with E-state index in [0.29, 0.717) is 0 Å². The zero-order valence-corrected chi connectivity index (χ0v) is 16.6. The second kappa shape index (κ2) is 9.50. The number of H-pyrrole nitrogens is 1. The zero-order chi connectivity index (χ0) is 21.7. The molecule has 11 nitrogen and oxygen atoms in total. The number of aromatic amines is 1. The molecule has 0 aliphatic carbocycles. The average molecular weight is 412 g/mol. The number of esters is 3. The first-order valence-electron chi connectivity index (χ1n) is 9.07. The maximum atomic E-state index is 12.3. The maximum absolute atomic E-state index is 12.3. The Bertz CT molecular complexity index is 888. The van der Waals surface area contributed by atoms with Crippen molar-refractivity contribution in [2.24, 2.45) is 5.92 Å². The zero-order valence-electron chi connectivity index (χ0n) is 16.6. The maximum Gasteiger partial charge on any atom is 0.330 e. The molecule has 1 fully saturated rings. The number of nitrogens with zero attached hydrogens (tertiary/aromatic N) is 1. The Balaban J connectivity index is 2.45. The summed E-state index contributed by atoms with van der Waals surface area (Å²) in [5, 5.41) is 0. The molecular weight excluding hydrogens is 388 g/mol. The van der Waals surface area contributed by atoms with Gasteiger partial charge < -0.3 is 18.9 Å². The van der Waals surface area contributed by atoms with Gasteiger partial charge in [-0.15, -0.1) is 0 Å². The van der Waals surface area contributed by atoms with E-state index in [0.717, 1.165) is 4.57 Å². The van der Waals surface area contributed by atoms with E-state index in [9.17, 15) is 24.0 Å². The number of aromatic nitrogens is 2. The van der Waals surface area contributed by atoms with Crippen molar-refractivity contribution < 1.29 is 33.3 Å². The van der Waals surface area contributed by atoms with E-state index in [2.05, 4.69) is 4.98 Å². The molecule has 4 atom stereocenters. The summed E-state index contributed by atoms with van der Waals surface area (Å²) in [6, 6.07) is 0. The van der Waals surface area contributed by atoms with Crippen molar-refractivity contribution in [3.63, 3.8) is 0 Å². The number of nitrogens with one attached hydrogen (secondary N) is 1. The SMILES string of the molecule is CCOC(=O)C[C@H]1[C@@H](OC(C)=O)[C@H](n2cc(C)c(=O)[nH]c2=O)O[C@@H]1COC(C)=O. The van der Waals surface area contributed by atoms with Crippen LogP contribution in [0.3, 0.4) is 0 Å². The third-order valence-corrected chi connectivity index (χ3v) is 4.38. The minimum atomic E-state index is -1.14. The van der Waals surface area contributed by atoms with Crippen LogP contribution in [0.4, 0.5) is 0 Å². The molecule has 29 heavy (non-hydrogen) atoms. The fourth-order valence-corrected chi connectivity index (χ4v) is 3.14. The van der Waals surface area contributed by atoms with E-state index in [1.807, 2.05) is 0 Å². The Morgan fingerprint density at radius 3 is 2.45 bits per heavy atom. The van der Waals surface area contributed by atoms with Gasteiger partial charge in [0.15, 0.2) is 12.3 Å². The van der Waals surface area contributed by atoms with Crippen LogP contribution in [0.1, 0.15) is 39.0 Å². The summed E-state index contributed by atoms with van der Waals surface area (Å²) in [4.78, 5) is 61.2. The third kappa shape index (κ3) is 5.53. The highest BCUT2D eigenvalue weighted by molar-refractivity contribution is 5.70. The van der Waals surface area contributed by atoms with Crippen molar-refractivity contribution in [1.29, 1.82) is 0 Å². The molecule has 1 aromatic rings. The molecule has 11 heteroatoms. The summed E-state index contributed by atoms with van der Waals surface area (Å²) >= 11 is 0. The lowest BCUT2D eigenvalue weighted by Crippen LogP contribution is -2.39. The molecule has 1 aliphatic heterocycles. The first kappa shape index (κ1) is 22.3. The second-order valence-corrected chi connectivity index (χ2v) is 6.59. The standard InChI is InChI=1S/C18H24N2O9/c1-5-26-14(23)6-12-13(8-27-10(3)21)29-17(15(12)28-11(4)22)20-7-9(2)16(24)19-18(20)25/h7,12-13,15,17H,5-6,8H2,1-4H3,(H,19,24,25)/t12-,13-,15-,17-/m1/s1. The van der Waals surface area contributed by atoms with Crippen molar-refractivity contribution in [1.82, 2.24) is 9.55 Å². The fraction of sp³-hybridized carbons (Fsp3) is 0.611.